The maximum atomic E-state index is 12.3. The molecule has 21 heavy (non-hydrogen) atoms. The molecule has 0 saturated carbocycles. The zero-order valence-corrected chi connectivity index (χ0v) is 13.5. The van der Waals surface area contributed by atoms with Crippen molar-refractivity contribution < 1.29 is 9.59 Å². The number of rotatable bonds is 4. The van der Waals surface area contributed by atoms with Gasteiger partial charge in [0.2, 0.25) is 5.91 Å². The molecule has 0 radical (unpaired) electrons. The Morgan fingerprint density at radius 2 is 2.05 bits per heavy atom. The Morgan fingerprint density at radius 1 is 1.38 bits per heavy atom. The molecule has 0 aromatic heterocycles. The van der Waals surface area contributed by atoms with Gasteiger partial charge in [0.25, 0.3) is 5.91 Å². The van der Waals surface area contributed by atoms with Gasteiger partial charge in [-0.05, 0) is 18.6 Å². The molecule has 1 heterocycles. The molecular weight excluding hydrogens is 304 g/mol. The van der Waals surface area contributed by atoms with Crippen LogP contribution < -0.4 is 4.90 Å². The Morgan fingerprint density at radius 3 is 2.62 bits per heavy atom. The molecule has 1 aromatic carbocycles. The molecule has 4 nitrogen and oxygen atoms in total. The molecule has 2 rings (SSSR count). The zero-order chi connectivity index (χ0) is 15.4. The van der Waals surface area contributed by atoms with Crippen LogP contribution in [0.2, 0.25) is 0 Å². The first-order valence-electron chi connectivity index (χ1n) is 6.65. The van der Waals surface area contributed by atoms with E-state index in [1.807, 2.05) is 37.3 Å². The maximum absolute atomic E-state index is 12.3. The molecule has 6 heteroatoms. The number of benzene rings is 1. The van der Waals surface area contributed by atoms with E-state index < -0.39 is 0 Å². The van der Waals surface area contributed by atoms with Crippen LogP contribution in [0.5, 0.6) is 0 Å². The van der Waals surface area contributed by atoms with Crippen LogP contribution in [0.4, 0.5) is 5.69 Å². The third kappa shape index (κ3) is 3.51. The molecule has 0 bridgehead atoms. The number of anilines is 1. The summed E-state index contributed by atoms with van der Waals surface area (Å²) in [5, 5.41) is 0. The summed E-state index contributed by atoms with van der Waals surface area (Å²) in [6.07, 6.45) is 2.42. The summed E-state index contributed by atoms with van der Waals surface area (Å²) in [4.78, 5) is 27.7. The first-order valence-corrected chi connectivity index (χ1v) is 7.87. The molecule has 1 aromatic rings. The van der Waals surface area contributed by atoms with Crippen molar-refractivity contribution in [2.45, 2.75) is 20.3 Å². The van der Waals surface area contributed by atoms with Crippen LogP contribution >= 0.6 is 24.0 Å². The first kappa shape index (κ1) is 15.7. The molecule has 0 aliphatic carbocycles. The molecule has 1 fully saturated rings. The minimum Gasteiger partial charge on any atom is -0.293 e. The number of thiocarbonyl (C=S) groups is 1. The summed E-state index contributed by atoms with van der Waals surface area (Å²) in [5.41, 5.74) is 0.728. The van der Waals surface area contributed by atoms with E-state index in [1.165, 1.54) is 23.6 Å². The standard InChI is InChI=1S/C15H16N2O2S2/c1-3-9-16-14(19)13(21-15(16)20)10-17(11(2)18)12-7-5-4-6-8-12/h4-8,10H,3,9H2,1-2H3/b13-10+. The highest BCUT2D eigenvalue weighted by atomic mass is 32.2. The van der Waals surface area contributed by atoms with Crippen molar-refractivity contribution in [1.82, 2.24) is 4.90 Å². The van der Waals surface area contributed by atoms with Crippen molar-refractivity contribution in [3.8, 4) is 0 Å². The molecule has 0 unspecified atom stereocenters. The minimum atomic E-state index is -0.151. The van der Waals surface area contributed by atoms with Crippen molar-refractivity contribution in [3.05, 3.63) is 41.4 Å². The maximum Gasteiger partial charge on any atom is 0.267 e. The van der Waals surface area contributed by atoms with Gasteiger partial charge < -0.3 is 0 Å². The fraction of sp³-hybridized carbons (Fsp3) is 0.267. The van der Waals surface area contributed by atoms with E-state index in [9.17, 15) is 9.59 Å². The van der Waals surface area contributed by atoms with E-state index in [-0.39, 0.29) is 11.8 Å². The lowest BCUT2D eigenvalue weighted by atomic mass is 10.3. The smallest absolute Gasteiger partial charge is 0.267 e. The van der Waals surface area contributed by atoms with E-state index in [0.29, 0.717) is 15.8 Å². The lowest BCUT2D eigenvalue weighted by Crippen LogP contribution is -2.29. The third-order valence-corrected chi connectivity index (χ3v) is 4.31. The molecule has 1 aliphatic heterocycles. The number of thioether (sulfide) groups is 1. The van der Waals surface area contributed by atoms with E-state index in [4.69, 9.17) is 12.2 Å². The van der Waals surface area contributed by atoms with Crippen molar-refractivity contribution in [2.24, 2.45) is 0 Å². The average molecular weight is 320 g/mol. The van der Waals surface area contributed by atoms with Crippen LogP contribution in [0.1, 0.15) is 20.3 Å². The van der Waals surface area contributed by atoms with Gasteiger partial charge in [0.15, 0.2) is 0 Å². The molecule has 1 aliphatic rings. The van der Waals surface area contributed by atoms with Crippen molar-refractivity contribution in [3.63, 3.8) is 0 Å². The van der Waals surface area contributed by atoms with Crippen LogP contribution in [0, 0.1) is 0 Å². The molecule has 0 atom stereocenters. The van der Waals surface area contributed by atoms with Crippen LogP contribution in [-0.4, -0.2) is 27.6 Å². The highest BCUT2D eigenvalue weighted by molar-refractivity contribution is 8.26. The fourth-order valence-corrected chi connectivity index (χ4v) is 3.23. The second-order valence-electron chi connectivity index (χ2n) is 4.54. The molecule has 110 valence electrons. The van der Waals surface area contributed by atoms with E-state index in [2.05, 4.69) is 0 Å². The second-order valence-corrected chi connectivity index (χ2v) is 6.22. The third-order valence-electron chi connectivity index (χ3n) is 2.94. The number of hydrogen-bond acceptors (Lipinski definition) is 4. The largest absolute Gasteiger partial charge is 0.293 e. The lowest BCUT2D eigenvalue weighted by Gasteiger charge is -2.17. The average Bonchev–Trinajstić information content (AvgIpc) is 2.73. The van der Waals surface area contributed by atoms with Crippen LogP contribution in [0.15, 0.2) is 41.4 Å². The molecule has 0 N–H and O–H groups in total. The summed E-state index contributed by atoms with van der Waals surface area (Å²) in [7, 11) is 0. The lowest BCUT2D eigenvalue weighted by molar-refractivity contribution is -0.122. The van der Waals surface area contributed by atoms with Gasteiger partial charge >= 0.3 is 0 Å². The fourth-order valence-electron chi connectivity index (χ4n) is 1.96. The second kappa shape index (κ2) is 6.87. The summed E-state index contributed by atoms with van der Waals surface area (Å²) in [6.45, 7) is 4.07. The highest BCUT2D eigenvalue weighted by Gasteiger charge is 2.32. The normalized spacial score (nSPS) is 16.7. The summed E-state index contributed by atoms with van der Waals surface area (Å²) in [6, 6.07) is 9.22. The van der Waals surface area contributed by atoms with Gasteiger partial charge in [-0.1, -0.05) is 49.1 Å². The Labute approximate surface area is 133 Å². The number of nitrogens with zero attached hydrogens (tertiary/aromatic N) is 2. The van der Waals surface area contributed by atoms with Crippen LogP contribution in [0.3, 0.4) is 0 Å². The van der Waals surface area contributed by atoms with Gasteiger partial charge in [0, 0.05) is 25.4 Å². The predicted octanol–water partition coefficient (Wildman–Crippen LogP) is 3.15. The highest BCUT2D eigenvalue weighted by Crippen LogP contribution is 2.32. The monoisotopic (exact) mass is 320 g/mol. The van der Waals surface area contributed by atoms with E-state index >= 15 is 0 Å². The molecule has 2 amide bonds. The van der Waals surface area contributed by atoms with Gasteiger partial charge in [0.05, 0.1) is 4.91 Å². The van der Waals surface area contributed by atoms with E-state index in [0.717, 1.165) is 12.1 Å². The van der Waals surface area contributed by atoms with Crippen LogP contribution in [0.25, 0.3) is 0 Å². The van der Waals surface area contributed by atoms with Gasteiger partial charge in [-0.25, -0.2) is 0 Å². The minimum absolute atomic E-state index is 0.131. The Hall–Kier alpha value is -1.66. The van der Waals surface area contributed by atoms with Crippen molar-refractivity contribution in [1.29, 1.82) is 0 Å². The Kier molecular flexibility index (Phi) is 5.14. The topological polar surface area (TPSA) is 40.6 Å². The number of carbonyl (C=O) groups is 2. The number of carbonyl (C=O) groups excluding carboxylic acids is 2. The summed E-state index contributed by atoms with van der Waals surface area (Å²) >= 11 is 6.46. The quantitative estimate of drug-likeness (QED) is 0.631. The van der Waals surface area contributed by atoms with Gasteiger partial charge in [0.1, 0.15) is 4.32 Å². The molecule has 1 saturated heterocycles. The SMILES string of the molecule is CCCN1C(=O)/C(=C\N(C(C)=O)c2ccccc2)SC1=S. The first-order chi connectivity index (χ1) is 10.0. The summed E-state index contributed by atoms with van der Waals surface area (Å²) in [5.74, 6) is -0.281. The Bertz CT molecular complexity index is 599. The van der Waals surface area contributed by atoms with Crippen molar-refractivity contribution >= 4 is 45.8 Å². The van der Waals surface area contributed by atoms with Gasteiger partial charge in [-0.3, -0.25) is 19.4 Å². The molecule has 0 spiro atoms. The number of para-hydroxylation sites is 1. The zero-order valence-electron chi connectivity index (χ0n) is 11.9. The number of hydrogen-bond donors (Lipinski definition) is 0. The number of amides is 2. The van der Waals surface area contributed by atoms with E-state index in [1.54, 1.807) is 11.1 Å². The summed E-state index contributed by atoms with van der Waals surface area (Å²) < 4.78 is 0.546. The Balaban J connectivity index is 2.30. The molecular formula is C15H16N2O2S2. The van der Waals surface area contributed by atoms with Crippen LogP contribution in [-0.2, 0) is 9.59 Å². The van der Waals surface area contributed by atoms with Crippen molar-refractivity contribution in [2.75, 3.05) is 11.4 Å². The van der Waals surface area contributed by atoms with Gasteiger partial charge in [-0.2, -0.15) is 0 Å². The van der Waals surface area contributed by atoms with Gasteiger partial charge in [-0.15, -0.1) is 0 Å². The predicted molar refractivity (Wildman–Crippen MR) is 89.9 cm³/mol.